The maximum Gasteiger partial charge on any atom is 0.317 e. The van der Waals surface area contributed by atoms with Crippen molar-refractivity contribution >= 4 is 6.03 Å². The Bertz CT molecular complexity index is 674. The van der Waals surface area contributed by atoms with Gasteiger partial charge < -0.3 is 15.4 Å². The van der Waals surface area contributed by atoms with Crippen molar-refractivity contribution in [1.82, 2.24) is 10.6 Å². The summed E-state index contributed by atoms with van der Waals surface area (Å²) in [7, 11) is 0. The van der Waals surface area contributed by atoms with E-state index in [1.807, 2.05) is 38.1 Å². The van der Waals surface area contributed by atoms with Crippen LogP contribution in [0.25, 0.3) is 0 Å². The highest BCUT2D eigenvalue weighted by atomic mass is 19.1. The van der Waals surface area contributed by atoms with Crippen LogP contribution in [-0.4, -0.2) is 19.3 Å². The quantitative estimate of drug-likeness (QED) is 0.803. The van der Waals surface area contributed by atoms with E-state index < -0.39 is 0 Å². The lowest BCUT2D eigenvalue weighted by molar-refractivity contribution is 0.224. The van der Waals surface area contributed by atoms with Crippen molar-refractivity contribution in [1.29, 1.82) is 0 Å². The van der Waals surface area contributed by atoms with Crippen LogP contribution in [0, 0.1) is 19.7 Å². The fourth-order valence-corrected chi connectivity index (χ4v) is 2.14. The summed E-state index contributed by atoms with van der Waals surface area (Å²) in [6.45, 7) is 4.51. The van der Waals surface area contributed by atoms with Crippen LogP contribution in [0.4, 0.5) is 9.18 Å². The van der Waals surface area contributed by atoms with Gasteiger partial charge in [0.05, 0.1) is 0 Å². The number of benzene rings is 2. The number of nitrogens with one attached hydrogen (secondary N) is 2. The average Bonchev–Trinajstić information content (AvgIpc) is 2.51. The summed E-state index contributed by atoms with van der Waals surface area (Å²) in [5.41, 5.74) is 3.04. The zero-order valence-electron chi connectivity index (χ0n) is 13.4. The lowest BCUT2D eigenvalue weighted by Crippen LogP contribution is -2.38. The normalized spacial score (nSPS) is 10.2. The molecule has 0 fully saturated rings. The first-order valence-electron chi connectivity index (χ1n) is 7.51. The second kappa shape index (κ2) is 8.17. The number of carbonyl (C=O) groups excluding carboxylic acids is 1. The summed E-state index contributed by atoms with van der Waals surface area (Å²) in [5.74, 6) is 0.485. The number of urea groups is 1. The van der Waals surface area contributed by atoms with Crippen LogP contribution in [0.5, 0.6) is 5.75 Å². The zero-order valence-corrected chi connectivity index (χ0v) is 13.4. The van der Waals surface area contributed by atoms with Gasteiger partial charge in [0.1, 0.15) is 11.6 Å². The van der Waals surface area contributed by atoms with E-state index in [2.05, 4.69) is 10.6 Å². The van der Waals surface area contributed by atoms with E-state index in [9.17, 15) is 9.18 Å². The third-order valence-electron chi connectivity index (χ3n) is 3.60. The first-order chi connectivity index (χ1) is 11.1. The second-order valence-electron chi connectivity index (χ2n) is 5.30. The topological polar surface area (TPSA) is 50.4 Å². The molecule has 5 heteroatoms. The number of ether oxygens (including phenoxy) is 1. The van der Waals surface area contributed by atoms with Crippen molar-refractivity contribution in [3.63, 3.8) is 0 Å². The molecule has 0 aliphatic rings. The van der Waals surface area contributed by atoms with E-state index >= 15 is 0 Å². The fourth-order valence-electron chi connectivity index (χ4n) is 2.14. The van der Waals surface area contributed by atoms with Gasteiger partial charge in [0.15, 0.2) is 6.73 Å². The lowest BCUT2D eigenvalue weighted by atomic mass is 10.1. The van der Waals surface area contributed by atoms with Gasteiger partial charge in [-0.1, -0.05) is 24.3 Å². The largest absolute Gasteiger partial charge is 0.473 e. The Balaban J connectivity index is 1.68. The van der Waals surface area contributed by atoms with Crippen LogP contribution in [0.2, 0.25) is 0 Å². The van der Waals surface area contributed by atoms with Gasteiger partial charge >= 0.3 is 6.03 Å². The Morgan fingerprint density at radius 1 is 1.13 bits per heavy atom. The molecule has 0 aromatic heterocycles. The predicted molar refractivity (Wildman–Crippen MR) is 88.0 cm³/mol. The molecule has 0 atom stereocenters. The first kappa shape index (κ1) is 16.8. The van der Waals surface area contributed by atoms with Crippen LogP contribution in [0.3, 0.4) is 0 Å². The van der Waals surface area contributed by atoms with E-state index in [1.165, 1.54) is 12.1 Å². The van der Waals surface area contributed by atoms with E-state index in [0.717, 1.165) is 22.4 Å². The van der Waals surface area contributed by atoms with Crippen LogP contribution < -0.4 is 15.4 Å². The minimum Gasteiger partial charge on any atom is -0.473 e. The van der Waals surface area contributed by atoms with Crippen LogP contribution in [0.1, 0.15) is 16.7 Å². The molecule has 0 bridgehead atoms. The number of hydrogen-bond donors (Lipinski definition) is 2. The summed E-state index contributed by atoms with van der Waals surface area (Å²) in [5, 5.41) is 5.34. The molecule has 0 spiro atoms. The third-order valence-corrected chi connectivity index (χ3v) is 3.60. The molecule has 2 N–H and O–H groups in total. The molecule has 4 nitrogen and oxygen atoms in total. The molecule has 0 saturated heterocycles. The van der Waals surface area contributed by atoms with Crippen molar-refractivity contribution in [3.8, 4) is 5.75 Å². The Hall–Kier alpha value is -2.56. The standard InChI is InChI=1S/C18H21FN2O2/c1-13-5-3-8-17(14(13)2)23-12-21-18(22)20-10-9-15-6-4-7-16(19)11-15/h3-8,11H,9-10,12H2,1-2H3,(H2,20,21,22). The molecule has 0 saturated carbocycles. The van der Waals surface area contributed by atoms with Crippen LogP contribution in [0.15, 0.2) is 42.5 Å². The Morgan fingerprint density at radius 2 is 1.91 bits per heavy atom. The summed E-state index contributed by atoms with van der Waals surface area (Å²) in [6.07, 6.45) is 0.572. The summed E-state index contributed by atoms with van der Waals surface area (Å²) >= 11 is 0. The number of amides is 2. The van der Waals surface area contributed by atoms with E-state index in [4.69, 9.17) is 4.74 Å². The van der Waals surface area contributed by atoms with Gasteiger partial charge in [-0.25, -0.2) is 9.18 Å². The molecule has 2 amide bonds. The van der Waals surface area contributed by atoms with E-state index in [-0.39, 0.29) is 18.6 Å². The number of carbonyl (C=O) groups is 1. The number of hydrogen-bond acceptors (Lipinski definition) is 2. The molecule has 23 heavy (non-hydrogen) atoms. The Morgan fingerprint density at radius 3 is 2.70 bits per heavy atom. The summed E-state index contributed by atoms with van der Waals surface area (Å²) in [6, 6.07) is 11.8. The Kier molecular flexibility index (Phi) is 5.97. The second-order valence-corrected chi connectivity index (χ2v) is 5.30. The molecule has 122 valence electrons. The molecule has 2 aromatic carbocycles. The maximum atomic E-state index is 13.0. The maximum absolute atomic E-state index is 13.0. The molecular weight excluding hydrogens is 295 g/mol. The molecule has 0 unspecified atom stereocenters. The average molecular weight is 316 g/mol. The summed E-state index contributed by atoms with van der Waals surface area (Å²) in [4.78, 5) is 11.7. The van der Waals surface area contributed by atoms with Crippen molar-refractivity contribution in [2.24, 2.45) is 0 Å². The van der Waals surface area contributed by atoms with Gasteiger partial charge in [-0.15, -0.1) is 0 Å². The molecule has 2 aromatic rings. The number of halogens is 1. The van der Waals surface area contributed by atoms with Crippen LogP contribution >= 0.6 is 0 Å². The molecule has 0 aliphatic heterocycles. The van der Waals surface area contributed by atoms with Gasteiger partial charge in [0.25, 0.3) is 0 Å². The fraction of sp³-hybridized carbons (Fsp3) is 0.278. The highest BCUT2D eigenvalue weighted by molar-refractivity contribution is 5.73. The predicted octanol–water partition coefficient (Wildman–Crippen LogP) is 3.32. The van der Waals surface area contributed by atoms with Crippen molar-refractivity contribution in [3.05, 3.63) is 65.0 Å². The molecular formula is C18H21FN2O2. The van der Waals surface area contributed by atoms with Crippen molar-refractivity contribution in [2.45, 2.75) is 20.3 Å². The van der Waals surface area contributed by atoms with E-state index in [1.54, 1.807) is 6.07 Å². The van der Waals surface area contributed by atoms with Gasteiger partial charge in [0, 0.05) is 6.54 Å². The Labute approximate surface area is 135 Å². The van der Waals surface area contributed by atoms with Crippen molar-refractivity contribution in [2.75, 3.05) is 13.3 Å². The minimum absolute atomic E-state index is 0.0933. The minimum atomic E-state index is -0.313. The highest BCUT2D eigenvalue weighted by Gasteiger charge is 2.03. The monoisotopic (exact) mass is 316 g/mol. The molecule has 0 radical (unpaired) electrons. The summed E-state index contributed by atoms with van der Waals surface area (Å²) < 4.78 is 18.6. The molecule has 2 rings (SSSR count). The highest BCUT2D eigenvalue weighted by Crippen LogP contribution is 2.19. The third kappa shape index (κ3) is 5.29. The number of rotatable bonds is 6. The molecule has 0 heterocycles. The SMILES string of the molecule is Cc1cccc(OCNC(=O)NCCc2cccc(F)c2)c1C. The van der Waals surface area contributed by atoms with Crippen LogP contribution in [-0.2, 0) is 6.42 Å². The number of aryl methyl sites for hydroxylation is 1. The van der Waals surface area contributed by atoms with Crippen molar-refractivity contribution < 1.29 is 13.9 Å². The smallest absolute Gasteiger partial charge is 0.317 e. The zero-order chi connectivity index (χ0) is 16.7. The van der Waals surface area contributed by atoms with Gasteiger partial charge in [-0.3, -0.25) is 0 Å². The first-order valence-corrected chi connectivity index (χ1v) is 7.51. The lowest BCUT2D eigenvalue weighted by Gasteiger charge is -2.12. The van der Waals surface area contributed by atoms with Gasteiger partial charge in [0.2, 0.25) is 0 Å². The molecule has 0 aliphatic carbocycles. The van der Waals surface area contributed by atoms with E-state index in [0.29, 0.717) is 13.0 Å². The van der Waals surface area contributed by atoms with Gasteiger partial charge in [-0.2, -0.15) is 0 Å². The van der Waals surface area contributed by atoms with Gasteiger partial charge in [-0.05, 0) is 55.2 Å².